The fourth-order valence-electron chi connectivity index (χ4n) is 4.57. The molecule has 40 heavy (non-hydrogen) atoms. The van der Waals surface area contributed by atoms with Crippen molar-refractivity contribution in [3.05, 3.63) is 93.7 Å². The van der Waals surface area contributed by atoms with Gasteiger partial charge in [-0.2, -0.15) is 4.98 Å². The molecule has 12 nitrogen and oxygen atoms in total. The van der Waals surface area contributed by atoms with Gasteiger partial charge in [0.2, 0.25) is 5.95 Å². The van der Waals surface area contributed by atoms with E-state index in [1.54, 1.807) is 80.4 Å². The number of nitrogens with one attached hydrogen (secondary N) is 2. The normalized spacial score (nSPS) is 14.2. The van der Waals surface area contributed by atoms with Gasteiger partial charge >= 0.3 is 0 Å². The molecule has 5 rings (SSSR count). The lowest BCUT2D eigenvalue weighted by molar-refractivity contribution is -0.384. The summed E-state index contributed by atoms with van der Waals surface area (Å²) in [6.07, 6.45) is 0. The third-order valence-corrected chi connectivity index (χ3v) is 6.51. The van der Waals surface area contributed by atoms with Crippen LogP contribution in [0.15, 0.2) is 78.0 Å². The van der Waals surface area contributed by atoms with Gasteiger partial charge in [-0.3, -0.25) is 14.9 Å². The van der Waals surface area contributed by atoms with E-state index in [4.69, 9.17) is 19.3 Å². The number of benzene rings is 3. The second-order valence-electron chi connectivity index (χ2n) is 8.84. The molecule has 204 valence electrons. The second-order valence-corrected chi connectivity index (χ2v) is 8.84. The largest absolute Gasteiger partial charge is 0.495 e. The van der Waals surface area contributed by atoms with Crippen molar-refractivity contribution in [3.63, 3.8) is 0 Å². The fraction of sp³-hybridized carbons (Fsp3) is 0.179. The molecule has 0 aliphatic carbocycles. The second kappa shape index (κ2) is 10.8. The van der Waals surface area contributed by atoms with Gasteiger partial charge in [-0.25, -0.2) is 4.68 Å². The number of nitro benzene ring substituents is 1. The Bertz CT molecular complexity index is 1630. The van der Waals surface area contributed by atoms with Crippen molar-refractivity contribution in [1.29, 1.82) is 0 Å². The van der Waals surface area contributed by atoms with Crippen LogP contribution in [0.4, 0.5) is 17.3 Å². The van der Waals surface area contributed by atoms with Crippen molar-refractivity contribution >= 4 is 23.2 Å². The smallest absolute Gasteiger partial charge is 0.269 e. The third-order valence-electron chi connectivity index (χ3n) is 6.51. The molecule has 3 aromatic carbocycles. The number of aromatic nitrogens is 3. The third kappa shape index (κ3) is 4.77. The Balaban J connectivity index is 1.60. The number of fused-ring (bicyclic) bond motifs is 1. The number of amides is 1. The number of ether oxygens (including phenoxy) is 3. The highest BCUT2D eigenvalue weighted by Gasteiger charge is 2.35. The molecule has 4 aromatic rings. The Kier molecular flexibility index (Phi) is 7.06. The molecular weight excluding hydrogens is 516 g/mol. The highest BCUT2D eigenvalue weighted by atomic mass is 16.6. The number of hydrogen-bond donors (Lipinski definition) is 2. The molecule has 2 heterocycles. The summed E-state index contributed by atoms with van der Waals surface area (Å²) in [5.74, 6) is 1.96. The van der Waals surface area contributed by atoms with Crippen LogP contribution in [0, 0.1) is 10.1 Å². The zero-order valence-electron chi connectivity index (χ0n) is 22.2. The Labute approximate surface area is 229 Å². The molecule has 1 unspecified atom stereocenters. The van der Waals surface area contributed by atoms with Gasteiger partial charge in [-0.05, 0) is 55.0 Å². The number of rotatable bonds is 8. The first-order valence-corrected chi connectivity index (χ1v) is 12.2. The van der Waals surface area contributed by atoms with Gasteiger partial charge < -0.3 is 24.8 Å². The number of anilines is 2. The summed E-state index contributed by atoms with van der Waals surface area (Å²) in [6.45, 7) is 1.77. The van der Waals surface area contributed by atoms with Gasteiger partial charge in [-0.1, -0.05) is 12.1 Å². The van der Waals surface area contributed by atoms with Gasteiger partial charge in [-0.15, -0.1) is 5.10 Å². The number of nitro groups is 1. The lowest BCUT2D eigenvalue weighted by atomic mass is 9.95. The maximum absolute atomic E-state index is 13.8. The zero-order chi connectivity index (χ0) is 28.4. The topological polar surface area (TPSA) is 143 Å². The molecule has 0 saturated heterocycles. The van der Waals surface area contributed by atoms with E-state index >= 15 is 0 Å². The van der Waals surface area contributed by atoms with Crippen LogP contribution < -0.4 is 24.8 Å². The molecule has 0 spiro atoms. The summed E-state index contributed by atoms with van der Waals surface area (Å²) >= 11 is 0. The summed E-state index contributed by atoms with van der Waals surface area (Å²) in [6, 6.07) is 17.7. The monoisotopic (exact) mass is 542 g/mol. The molecule has 1 aliphatic rings. The van der Waals surface area contributed by atoms with Gasteiger partial charge in [0.15, 0.2) is 17.3 Å². The molecule has 0 bridgehead atoms. The number of methoxy groups -OCH3 is 3. The quantitative estimate of drug-likeness (QED) is 0.237. The predicted octanol–water partition coefficient (Wildman–Crippen LogP) is 4.81. The SMILES string of the molecule is COc1ccccc1NC(=O)C1=C(C)Nc2nc(-c3ccc(OC)c(OC)c3)nn2C1c1ccc([N+](=O)[O-])cc1. The summed E-state index contributed by atoms with van der Waals surface area (Å²) in [5.41, 5.74) is 2.62. The van der Waals surface area contributed by atoms with Crippen molar-refractivity contribution < 1.29 is 23.9 Å². The Morgan fingerprint density at radius 3 is 2.35 bits per heavy atom. The van der Waals surface area contributed by atoms with E-state index in [1.807, 2.05) is 0 Å². The van der Waals surface area contributed by atoms with E-state index in [9.17, 15) is 14.9 Å². The van der Waals surface area contributed by atoms with E-state index in [2.05, 4.69) is 15.6 Å². The van der Waals surface area contributed by atoms with E-state index in [1.165, 1.54) is 19.2 Å². The van der Waals surface area contributed by atoms with Gasteiger partial charge in [0.1, 0.15) is 11.8 Å². The van der Waals surface area contributed by atoms with Gasteiger partial charge in [0, 0.05) is 23.4 Å². The van der Waals surface area contributed by atoms with Crippen LogP contribution in [0.2, 0.25) is 0 Å². The molecule has 1 aliphatic heterocycles. The van der Waals surface area contributed by atoms with Crippen LogP contribution in [0.5, 0.6) is 17.2 Å². The molecule has 12 heteroatoms. The van der Waals surface area contributed by atoms with Crippen LogP contribution >= 0.6 is 0 Å². The molecule has 0 radical (unpaired) electrons. The van der Waals surface area contributed by atoms with E-state index in [-0.39, 0.29) is 5.69 Å². The van der Waals surface area contributed by atoms with E-state index in [0.717, 1.165) is 0 Å². The Morgan fingerprint density at radius 1 is 0.975 bits per heavy atom. The molecule has 1 aromatic heterocycles. The average molecular weight is 543 g/mol. The molecule has 0 fully saturated rings. The summed E-state index contributed by atoms with van der Waals surface area (Å²) in [4.78, 5) is 29.3. The number of carbonyl (C=O) groups excluding carboxylic acids is 1. The van der Waals surface area contributed by atoms with Crippen molar-refractivity contribution in [2.24, 2.45) is 0 Å². The zero-order valence-corrected chi connectivity index (χ0v) is 22.2. The molecule has 1 atom stereocenters. The van der Waals surface area contributed by atoms with Crippen molar-refractivity contribution in [1.82, 2.24) is 14.8 Å². The van der Waals surface area contributed by atoms with Crippen LogP contribution in [-0.2, 0) is 4.79 Å². The van der Waals surface area contributed by atoms with E-state index < -0.39 is 16.9 Å². The number of allylic oxidation sites excluding steroid dienone is 1. The van der Waals surface area contributed by atoms with Crippen LogP contribution in [-0.4, -0.2) is 46.9 Å². The Hall–Kier alpha value is -5.39. The van der Waals surface area contributed by atoms with Crippen molar-refractivity contribution in [2.75, 3.05) is 32.0 Å². The lowest BCUT2D eigenvalue weighted by Gasteiger charge is -2.28. The number of non-ortho nitro benzene ring substituents is 1. The first-order valence-electron chi connectivity index (χ1n) is 12.2. The molecule has 2 N–H and O–H groups in total. The Morgan fingerprint density at radius 2 is 1.68 bits per heavy atom. The minimum Gasteiger partial charge on any atom is -0.495 e. The maximum Gasteiger partial charge on any atom is 0.269 e. The van der Waals surface area contributed by atoms with Gasteiger partial charge in [0.05, 0.1) is 37.5 Å². The molecule has 1 amide bonds. The van der Waals surface area contributed by atoms with Crippen molar-refractivity contribution in [3.8, 4) is 28.6 Å². The molecule has 0 saturated carbocycles. The fourth-order valence-corrected chi connectivity index (χ4v) is 4.57. The lowest BCUT2D eigenvalue weighted by Crippen LogP contribution is -2.31. The summed E-state index contributed by atoms with van der Waals surface area (Å²) in [7, 11) is 4.62. The standard InChI is InChI=1S/C28H26N6O6/c1-16-24(27(35)30-20-7-5-6-8-21(20)38-2)25(17-9-12-19(13-10-17)34(36)37)33-28(29-16)31-26(32-33)18-11-14-22(39-3)23(15-18)40-4/h5-15,25H,1-4H3,(H,30,35)(H,29,31,32). The predicted molar refractivity (Wildman–Crippen MR) is 148 cm³/mol. The summed E-state index contributed by atoms with van der Waals surface area (Å²) < 4.78 is 17.8. The highest BCUT2D eigenvalue weighted by Crippen LogP contribution is 2.39. The van der Waals surface area contributed by atoms with E-state index in [0.29, 0.717) is 57.1 Å². The van der Waals surface area contributed by atoms with Crippen LogP contribution in [0.3, 0.4) is 0 Å². The first kappa shape index (κ1) is 26.2. The van der Waals surface area contributed by atoms with Crippen LogP contribution in [0.1, 0.15) is 18.5 Å². The average Bonchev–Trinajstić information content (AvgIpc) is 3.39. The first-order chi connectivity index (χ1) is 19.3. The maximum atomic E-state index is 13.8. The number of para-hydroxylation sites is 2. The number of carbonyl (C=O) groups is 1. The minimum atomic E-state index is -0.742. The summed E-state index contributed by atoms with van der Waals surface area (Å²) in [5, 5.41) is 22.2. The highest BCUT2D eigenvalue weighted by molar-refractivity contribution is 6.06. The van der Waals surface area contributed by atoms with Crippen molar-refractivity contribution in [2.45, 2.75) is 13.0 Å². The minimum absolute atomic E-state index is 0.0664. The number of nitrogens with zero attached hydrogens (tertiary/aromatic N) is 4. The van der Waals surface area contributed by atoms with Crippen LogP contribution in [0.25, 0.3) is 11.4 Å². The van der Waals surface area contributed by atoms with Gasteiger partial charge in [0.25, 0.3) is 11.6 Å². The number of hydrogen-bond acceptors (Lipinski definition) is 9. The molecular formula is C28H26N6O6.